The monoisotopic (exact) mass is 196 g/mol. The van der Waals surface area contributed by atoms with E-state index in [4.69, 9.17) is 0 Å². The van der Waals surface area contributed by atoms with E-state index in [-0.39, 0.29) is 0 Å². The molecular formula is C14H28. The molecule has 0 N–H and O–H groups in total. The highest BCUT2D eigenvalue weighted by Gasteiger charge is 2.19. The third kappa shape index (κ3) is 4.02. The summed E-state index contributed by atoms with van der Waals surface area (Å²) in [4.78, 5) is 0. The Morgan fingerprint density at radius 2 is 1.57 bits per heavy atom. The summed E-state index contributed by atoms with van der Waals surface area (Å²) in [5.41, 5.74) is 0. The topological polar surface area (TPSA) is 0 Å². The molecule has 0 aromatic carbocycles. The molecule has 0 aliphatic heterocycles. The molecule has 0 aromatic heterocycles. The molecule has 2 saturated carbocycles. The van der Waals surface area contributed by atoms with Crippen molar-refractivity contribution in [3.05, 3.63) is 0 Å². The molecule has 2 rings (SSSR count). The van der Waals surface area contributed by atoms with Crippen molar-refractivity contribution in [2.45, 2.75) is 72.1 Å². The van der Waals surface area contributed by atoms with Crippen LogP contribution in [0, 0.1) is 17.8 Å². The Hall–Kier alpha value is 0. The highest BCUT2D eigenvalue weighted by atomic mass is 14.3. The van der Waals surface area contributed by atoms with Gasteiger partial charge >= 0.3 is 0 Å². The zero-order valence-electron chi connectivity index (χ0n) is 10.4. The van der Waals surface area contributed by atoms with Gasteiger partial charge in [0.2, 0.25) is 0 Å². The van der Waals surface area contributed by atoms with E-state index in [9.17, 15) is 0 Å². The summed E-state index contributed by atoms with van der Waals surface area (Å²) < 4.78 is 0. The molecule has 0 bridgehead atoms. The van der Waals surface area contributed by atoms with Crippen LogP contribution >= 0.6 is 0 Å². The number of hydrogen-bond donors (Lipinski definition) is 0. The largest absolute Gasteiger partial charge is 0.0654 e. The molecule has 0 heterocycles. The molecule has 0 saturated heterocycles. The van der Waals surface area contributed by atoms with Gasteiger partial charge in [0, 0.05) is 0 Å². The number of rotatable bonds is 3. The van der Waals surface area contributed by atoms with Crippen LogP contribution < -0.4 is 0 Å². The number of hydrogen-bond acceptors (Lipinski definition) is 0. The van der Waals surface area contributed by atoms with Gasteiger partial charge in [0.05, 0.1) is 0 Å². The minimum Gasteiger partial charge on any atom is -0.0654 e. The van der Waals surface area contributed by atoms with Gasteiger partial charge in [-0.25, -0.2) is 0 Å². The second-order valence-electron chi connectivity index (χ2n) is 5.52. The minimum absolute atomic E-state index is 0.953. The van der Waals surface area contributed by atoms with Crippen molar-refractivity contribution in [1.82, 2.24) is 0 Å². The summed E-state index contributed by atoms with van der Waals surface area (Å²) in [5.74, 6) is 3.17. The lowest BCUT2D eigenvalue weighted by Gasteiger charge is -2.28. The molecule has 84 valence electrons. The van der Waals surface area contributed by atoms with E-state index in [1.807, 2.05) is 0 Å². The fraction of sp³-hybridized carbons (Fsp3) is 1.00. The first-order valence-electron chi connectivity index (χ1n) is 6.74. The van der Waals surface area contributed by atoms with Crippen LogP contribution in [0.5, 0.6) is 0 Å². The Kier molecular flexibility index (Phi) is 5.59. The van der Waals surface area contributed by atoms with Gasteiger partial charge in [-0.1, -0.05) is 72.1 Å². The lowest BCUT2D eigenvalue weighted by atomic mass is 9.78. The van der Waals surface area contributed by atoms with E-state index < -0.39 is 0 Å². The molecule has 2 aliphatic carbocycles. The average Bonchev–Trinajstić information content (AvgIpc) is 1.93. The molecule has 0 unspecified atom stereocenters. The third-order valence-corrected chi connectivity index (χ3v) is 4.01. The zero-order chi connectivity index (χ0) is 10.4. The van der Waals surface area contributed by atoms with Gasteiger partial charge in [-0.15, -0.1) is 0 Å². The molecule has 2 aliphatic rings. The van der Waals surface area contributed by atoms with E-state index >= 15 is 0 Å². The van der Waals surface area contributed by atoms with Crippen LogP contribution in [-0.4, -0.2) is 0 Å². The van der Waals surface area contributed by atoms with E-state index in [2.05, 4.69) is 20.8 Å². The first kappa shape index (κ1) is 12.1. The van der Waals surface area contributed by atoms with Crippen molar-refractivity contribution in [1.29, 1.82) is 0 Å². The van der Waals surface area contributed by atoms with Crippen LogP contribution in [0.4, 0.5) is 0 Å². The lowest BCUT2D eigenvalue weighted by molar-refractivity contribution is 0.235. The highest BCUT2D eigenvalue weighted by Crippen LogP contribution is 2.32. The summed E-state index contributed by atoms with van der Waals surface area (Å²) in [7, 11) is 0. The predicted octanol–water partition coefficient (Wildman–Crippen LogP) is 5.03. The Morgan fingerprint density at radius 3 is 1.64 bits per heavy atom. The van der Waals surface area contributed by atoms with Crippen molar-refractivity contribution >= 4 is 0 Å². The molecular weight excluding hydrogens is 168 g/mol. The standard InChI is InChI=1S/2C7H14/c1-6(2)7-4-3-5-7;1-2-4-7-5-3-6-7/h6-7H,3-5H2,1-2H3;7H,2-6H2,1H3. The van der Waals surface area contributed by atoms with Gasteiger partial charge in [0.25, 0.3) is 0 Å². The van der Waals surface area contributed by atoms with Gasteiger partial charge in [0.1, 0.15) is 0 Å². The minimum atomic E-state index is 0.953. The van der Waals surface area contributed by atoms with E-state index in [0.717, 1.165) is 17.8 Å². The molecule has 0 heteroatoms. The second-order valence-corrected chi connectivity index (χ2v) is 5.52. The Bertz CT molecular complexity index is 129. The Labute approximate surface area is 90.5 Å². The molecule has 14 heavy (non-hydrogen) atoms. The third-order valence-electron chi connectivity index (χ3n) is 4.01. The fourth-order valence-electron chi connectivity index (χ4n) is 2.30. The molecule has 0 amide bonds. The molecule has 0 nitrogen and oxygen atoms in total. The summed E-state index contributed by atoms with van der Waals surface area (Å²) >= 11 is 0. The summed E-state index contributed by atoms with van der Waals surface area (Å²) in [6.45, 7) is 6.92. The van der Waals surface area contributed by atoms with Gasteiger partial charge in [-0.2, -0.15) is 0 Å². The molecule has 0 atom stereocenters. The van der Waals surface area contributed by atoms with Crippen molar-refractivity contribution in [3.63, 3.8) is 0 Å². The van der Waals surface area contributed by atoms with E-state index in [0.29, 0.717) is 0 Å². The first-order chi connectivity index (χ1) is 6.74. The van der Waals surface area contributed by atoms with E-state index in [1.54, 1.807) is 0 Å². The molecule has 0 aromatic rings. The predicted molar refractivity (Wildman–Crippen MR) is 64.4 cm³/mol. The maximum Gasteiger partial charge on any atom is -0.0391 e. The van der Waals surface area contributed by atoms with Crippen molar-refractivity contribution in [2.24, 2.45) is 17.8 Å². The zero-order valence-corrected chi connectivity index (χ0v) is 10.4. The van der Waals surface area contributed by atoms with Crippen molar-refractivity contribution in [3.8, 4) is 0 Å². The van der Waals surface area contributed by atoms with Crippen LogP contribution in [0.2, 0.25) is 0 Å². The van der Waals surface area contributed by atoms with Gasteiger partial charge in [0.15, 0.2) is 0 Å². The van der Waals surface area contributed by atoms with Crippen molar-refractivity contribution in [2.75, 3.05) is 0 Å². The molecule has 0 radical (unpaired) electrons. The molecule has 2 fully saturated rings. The Balaban J connectivity index is 0.000000140. The van der Waals surface area contributed by atoms with Crippen LogP contribution in [0.3, 0.4) is 0 Å². The first-order valence-corrected chi connectivity index (χ1v) is 6.74. The highest BCUT2D eigenvalue weighted by molar-refractivity contribution is 4.71. The lowest BCUT2D eigenvalue weighted by Crippen LogP contribution is -2.16. The van der Waals surface area contributed by atoms with Crippen LogP contribution in [0.25, 0.3) is 0 Å². The quantitative estimate of drug-likeness (QED) is 0.594. The second kappa shape index (κ2) is 6.48. The smallest absolute Gasteiger partial charge is 0.0391 e. The van der Waals surface area contributed by atoms with Crippen LogP contribution in [0.15, 0.2) is 0 Å². The van der Waals surface area contributed by atoms with Crippen molar-refractivity contribution < 1.29 is 0 Å². The van der Waals surface area contributed by atoms with Gasteiger partial charge < -0.3 is 0 Å². The Morgan fingerprint density at radius 1 is 1.00 bits per heavy atom. The normalized spacial score (nSPS) is 22.3. The maximum atomic E-state index is 2.32. The SMILES string of the molecule is CC(C)C1CCC1.CCCC1CCC1. The molecule has 0 spiro atoms. The van der Waals surface area contributed by atoms with Gasteiger partial charge in [-0.05, 0) is 17.8 Å². The van der Waals surface area contributed by atoms with Crippen LogP contribution in [-0.2, 0) is 0 Å². The fourth-order valence-corrected chi connectivity index (χ4v) is 2.30. The van der Waals surface area contributed by atoms with Gasteiger partial charge in [-0.3, -0.25) is 0 Å². The summed E-state index contributed by atoms with van der Waals surface area (Å²) in [5, 5.41) is 0. The summed E-state index contributed by atoms with van der Waals surface area (Å²) in [6.07, 6.45) is 11.9. The summed E-state index contributed by atoms with van der Waals surface area (Å²) in [6, 6.07) is 0. The van der Waals surface area contributed by atoms with Crippen LogP contribution in [0.1, 0.15) is 72.1 Å². The average molecular weight is 196 g/mol. The van der Waals surface area contributed by atoms with E-state index in [1.165, 1.54) is 51.4 Å². The maximum absolute atomic E-state index is 2.32.